The van der Waals surface area contributed by atoms with Crippen LogP contribution in [0, 0.1) is 0 Å². The molecule has 4 aromatic rings. The molecule has 1 atom stereocenters. The van der Waals surface area contributed by atoms with Crippen LogP contribution < -0.4 is 10.1 Å². The van der Waals surface area contributed by atoms with E-state index >= 15 is 0 Å². The zero-order valence-electron chi connectivity index (χ0n) is 17.8. The van der Waals surface area contributed by atoms with Crippen LogP contribution >= 0.6 is 22.9 Å². The van der Waals surface area contributed by atoms with Gasteiger partial charge in [-0.2, -0.15) is 0 Å². The summed E-state index contributed by atoms with van der Waals surface area (Å²) in [5, 5.41) is 22.5. The molecule has 0 saturated carbocycles. The SMILES string of the molecule is CC(C)(O)C(Oc1ncc(C(=O)Nc2nnc(-c3ccncc3)s2)cc1Cl)c1ccccc1. The van der Waals surface area contributed by atoms with Crippen molar-refractivity contribution >= 4 is 34.0 Å². The van der Waals surface area contributed by atoms with E-state index in [-0.39, 0.29) is 16.5 Å². The Kier molecular flexibility index (Phi) is 6.64. The molecule has 0 spiro atoms. The van der Waals surface area contributed by atoms with Crippen molar-refractivity contribution in [3.63, 3.8) is 0 Å². The molecule has 0 aliphatic rings. The van der Waals surface area contributed by atoms with E-state index in [1.54, 1.807) is 26.2 Å². The van der Waals surface area contributed by atoms with Gasteiger partial charge in [-0.05, 0) is 37.6 Å². The van der Waals surface area contributed by atoms with Gasteiger partial charge in [-0.3, -0.25) is 15.1 Å². The third-order valence-electron chi connectivity index (χ3n) is 4.62. The Bertz CT molecular complexity index is 1250. The summed E-state index contributed by atoms with van der Waals surface area (Å²) >= 11 is 7.60. The fourth-order valence-corrected chi connectivity index (χ4v) is 4.01. The smallest absolute Gasteiger partial charge is 0.259 e. The Morgan fingerprint density at radius 1 is 1.15 bits per heavy atom. The minimum atomic E-state index is -1.20. The number of ether oxygens (including phenoxy) is 1. The highest BCUT2D eigenvalue weighted by atomic mass is 35.5. The number of carbonyl (C=O) groups is 1. The fraction of sp³-hybridized carbons (Fsp3) is 0.174. The summed E-state index contributed by atoms with van der Waals surface area (Å²) in [6, 6.07) is 14.4. The van der Waals surface area contributed by atoms with Crippen molar-refractivity contribution in [3.8, 4) is 16.5 Å². The molecule has 168 valence electrons. The van der Waals surface area contributed by atoms with Crippen LogP contribution in [-0.4, -0.2) is 36.8 Å². The van der Waals surface area contributed by atoms with Gasteiger partial charge in [0.25, 0.3) is 5.91 Å². The van der Waals surface area contributed by atoms with Gasteiger partial charge in [0.2, 0.25) is 11.0 Å². The molecule has 33 heavy (non-hydrogen) atoms. The monoisotopic (exact) mass is 481 g/mol. The number of carbonyl (C=O) groups excluding carboxylic acids is 1. The molecule has 0 aliphatic carbocycles. The molecule has 0 saturated heterocycles. The predicted molar refractivity (Wildman–Crippen MR) is 126 cm³/mol. The van der Waals surface area contributed by atoms with E-state index < -0.39 is 17.6 Å². The lowest BCUT2D eigenvalue weighted by atomic mass is 9.95. The van der Waals surface area contributed by atoms with Gasteiger partial charge in [0.05, 0.1) is 5.56 Å². The molecule has 1 amide bonds. The second-order valence-corrected chi connectivity index (χ2v) is 9.06. The molecule has 0 aliphatic heterocycles. The van der Waals surface area contributed by atoms with Crippen LogP contribution in [-0.2, 0) is 0 Å². The van der Waals surface area contributed by atoms with Gasteiger partial charge in [-0.25, -0.2) is 4.98 Å². The summed E-state index contributed by atoms with van der Waals surface area (Å²) in [5.74, 6) is -0.324. The number of hydrogen-bond acceptors (Lipinski definition) is 8. The first kappa shape index (κ1) is 22.8. The number of nitrogens with zero attached hydrogens (tertiary/aromatic N) is 4. The molecule has 2 N–H and O–H groups in total. The predicted octanol–water partition coefficient (Wildman–Crippen LogP) is 4.79. The average molecular weight is 482 g/mol. The normalized spacial score (nSPS) is 12.2. The van der Waals surface area contributed by atoms with E-state index in [2.05, 4.69) is 25.5 Å². The molecule has 10 heteroatoms. The van der Waals surface area contributed by atoms with Gasteiger partial charge >= 0.3 is 0 Å². The van der Waals surface area contributed by atoms with Gasteiger partial charge in [0.1, 0.15) is 15.6 Å². The van der Waals surface area contributed by atoms with Crippen LogP contribution in [0.25, 0.3) is 10.6 Å². The lowest BCUT2D eigenvalue weighted by molar-refractivity contribution is -0.0373. The summed E-state index contributed by atoms with van der Waals surface area (Å²) in [4.78, 5) is 20.8. The molecule has 1 unspecified atom stereocenters. The molecule has 0 bridgehead atoms. The number of hydrogen-bond donors (Lipinski definition) is 2. The number of aliphatic hydroxyl groups is 1. The van der Waals surface area contributed by atoms with E-state index in [0.29, 0.717) is 10.1 Å². The quantitative estimate of drug-likeness (QED) is 0.390. The fourth-order valence-electron chi connectivity index (χ4n) is 3.05. The zero-order valence-corrected chi connectivity index (χ0v) is 19.3. The molecule has 3 aromatic heterocycles. The van der Waals surface area contributed by atoms with Crippen LogP contribution in [0.1, 0.15) is 35.9 Å². The van der Waals surface area contributed by atoms with Crippen molar-refractivity contribution in [1.82, 2.24) is 20.2 Å². The Labute approximate surface area is 199 Å². The Morgan fingerprint density at radius 3 is 2.55 bits per heavy atom. The average Bonchev–Trinajstić information content (AvgIpc) is 3.27. The number of aromatic nitrogens is 4. The lowest BCUT2D eigenvalue weighted by Gasteiger charge is -2.30. The topological polar surface area (TPSA) is 110 Å². The maximum absolute atomic E-state index is 12.7. The highest BCUT2D eigenvalue weighted by Gasteiger charge is 2.31. The highest BCUT2D eigenvalue weighted by molar-refractivity contribution is 7.18. The van der Waals surface area contributed by atoms with Crippen molar-refractivity contribution in [1.29, 1.82) is 0 Å². The molecule has 8 nitrogen and oxygen atoms in total. The Morgan fingerprint density at radius 2 is 1.88 bits per heavy atom. The first-order valence-electron chi connectivity index (χ1n) is 9.96. The van der Waals surface area contributed by atoms with Gasteiger partial charge in [-0.15, -0.1) is 10.2 Å². The third-order valence-corrected chi connectivity index (χ3v) is 5.77. The summed E-state index contributed by atoms with van der Waals surface area (Å²) < 4.78 is 5.95. The molecule has 4 rings (SSSR count). The van der Waals surface area contributed by atoms with Gasteiger partial charge < -0.3 is 9.84 Å². The van der Waals surface area contributed by atoms with E-state index in [1.165, 1.54) is 23.6 Å². The van der Waals surface area contributed by atoms with Crippen molar-refractivity contribution in [3.05, 3.63) is 83.3 Å². The van der Waals surface area contributed by atoms with E-state index in [1.807, 2.05) is 42.5 Å². The first-order valence-corrected chi connectivity index (χ1v) is 11.2. The summed E-state index contributed by atoms with van der Waals surface area (Å²) in [5.41, 5.74) is 0.653. The van der Waals surface area contributed by atoms with Crippen LogP contribution in [0.4, 0.5) is 5.13 Å². The Balaban J connectivity index is 1.49. The third kappa shape index (κ3) is 5.51. The number of rotatable bonds is 7. The molecule has 0 fully saturated rings. The second-order valence-electron chi connectivity index (χ2n) is 7.68. The summed E-state index contributed by atoms with van der Waals surface area (Å²) in [6.07, 6.45) is 3.96. The minimum Gasteiger partial charge on any atom is -0.465 e. The number of benzene rings is 1. The number of halogens is 1. The highest BCUT2D eigenvalue weighted by Crippen LogP contribution is 2.34. The largest absolute Gasteiger partial charge is 0.465 e. The summed E-state index contributed by atoms with van der Waals surface area (Å²) in [7, 11) is 0. The minimum absolute atomic E-state index is 0.111. The maximum atomic E-state index is 12.7. The molecular formula is C23H20ClN5O3S. The van der Waals surface area contributed by atoms with Gasteiger partial charge in [-0.1, -0.05) is 53.3 Å². The van der Waals surface area contributed by atoms with Crippen LogP contribution in [0.15, 0.2) is 67.1 Å². The number of anilines is 1. The van der Waals surface area contributed by atoms with Crippen molar-refractivity contribution in [2.24, 2.45) is 0 Å². The maximum Gasteiger partial charge on any atom is 0.259 e. The zero-order chi connectivity index (χ0) is 23.4. The van der Waals surface area contributed by atoms with Crippen molar-refractivity contribution in [2.75, 3.05) is 5.32 Å². The van der Waals surface area contributed by atoms with Crippen molar-refractivity contribution in [2.45, 2.75) is 25.6 Å². The molecule has 1 aromatic carbocycles. The first-order chi connectivity index (χ1) is 15.8. The number of nitrogens with one attached hydrogen (secondary N) is 1. The van der Waals surface area contributed by atoms with Crippen molar-refractivity contribution < 1.29 is 14.6 Å². The van der Waals surface area contributed by atoms with Crippen LogP contribution in [0.5, 0.6) is 5.88 Å². The van der Waals surface area contributed by atoms with Crippen LogP contribution in [0.2, 0.25) is 5.02 Å². The number of amides is 1. The summed E-state index contributed by atoms with van der Waals surface area (Å²) in [6.45, 7) is 3.28. The lowest BCUT2D eigenvalue weighted by Crippen LogP contribution is -2.33. The van der Waals surface area contributed by atoms with E-state index in [9.17, 15) is 9.90 Å². The second kappa shape index (κ2) is 9.62. The molecular weight excluding hydrogens is 462 g/mol. The van der Waals surface area contributed by atoms with Crippen LogP contribution in [0.3, 0.4) is 0 Å². The van der Waals surface area contributed by atoms with E-state index in [4.69, 9.17) is 16.3 Å². The van der Waals surface area contributed by atoms with Gasteiger partial charge in [0, 0.05) is 24.2 Å². The number of pyridine rings is 2. The van der Waals surface area contributed by atoms with E-state index in [0.717, 1.165) is 11.1 Å². The van der Waals surface area contributed by atoms with Gasteiger partial charge in [0.15, 0.2) is 6.10 Å². The Hall–Kier alpha value is -3.40. The molecule has 3 heterocycles. The molecule has 0 radical (unpaired) electrons. The standard InChI is InChI=1S/C23H20ClN5O3S/c1-23(2,31)18(14-6-4-3-5-7-14)32-20-17(24)12-16(13-26-20)19(30)27-22-29-28-21(33-22)15-8-10-25-11-9-15/h3-13,18,31H,1-2H3,(H,27,29,30).